The van der Waals surface area contributed by atoms with Crippen molar-refractivity contribution in [3.05, 3.63) is 77.0 Å². The molecule has 0 bridgehead atoms. The van der Waals surface area contributed by atoms with E-state index in [2.05, 4.69) is 5.32 Å². The number of rotatable bonds is 7. The maximum absolute atomic E-state index is 12.6. The van der Waals surface area contributed by atoms with Crippen molar-refractivity contribution >= 4 is 34.8 Å². The number of anilines is 1. The first-order valence-corrected chi connectivity index (χ1v) is 11.1. The van der Waals surface area contributed by atoms with Gasteiger partial charge in [0.05, 0.1) is 4.88 Å². The number of hydrogen-bond acceptors (Lipinski definition) is 6. The van der Waals surface area contributed by atoms with Crippen molar-refractivity contribution in [2.45, 2.75) is 18.9 Å². The molecule has 3 aromatic rings. The lowest BCUT2D eigenvalue weighted by molar-refractivity contribution is -0.151. The van der Waals surface area contributed by atoms with Crippen LogP contribution in [0.1, 0.15) is 22.5 Å². The highest BCUT2D eigenvalue weighted by atomic mass is 32.1. The predicted octanol–water partition coefficient (Wildman–Crippen LogP) is 4.33. The second-order valence-electron chi connectivity index (χ2n) is 7.23. The summed E-state index contributed by atoms with van der Waals surface area (Å²) >= 11 is 1.34. The summed E-state index contributed by atoms with van der Waals surface area (Å²) in [5, 5.41) is 4.51. The van der Waals surface area contributed by atoms with Crippen LogP contribution in [0.3, 0.4) is 0 Å². The molecule has 0 saturated carbocycles. The van der Waals surface area contributed by atoms with E-state index in [1.54, 1.807) is 36.4 Å². The Bertz CT molecular complexity index is 1070. The highest BCUT2D eigenvalue weighted by Gasteiger charge is 2.36. The monoisotopic (exact) mass is 450 g/mol. The molecule has 7 nitrogen and oxygen atoms in total. The summed E-state index contributed by atoms with van der Waals surface area (Å²) in [7, 11) is 0. The van der Waals surface area contributed by atoms with Gasteiger partial charge < -0.3 is 19.7 Å². The number of likely N-dealkylation sites (tertiary alicyclic amines) is 1. The molecular formula is C24H22N2O5S. The van der Waals surface area contributed by atoms with Gasteiger partial charge >= 0.3 is 5.97 Å². The molecule has 8 heteroatoms. The number of nitrogens with zero attached hydrogens (tertiary/aromatic N) is 1. The maximum atomic E-state index is 12.6. The zero-order valence-corrected chi connectivity index (χ0v) is 18.0. The van der Waals surface area contributed by atoms with Crippen molar-refractivity contribution in [2.24, 2.45) is 0 Å². The van der Waals surface area contributed by atoms with Gasteiger partial charge in [0.2, 0.25) is 0 Å². The van der Waals surface area contributed by atoms with E-state index in [9.17, 15) is 14.4 Å². The van der Waals surface area contributed by atoms with Crippen molar-refractivity contribution < 1.29 is 23.9 Å². The SMILES string of the molecule is O=C(COC(=O)[C@@H]1CCCN1C(=O)c1cccs1)Nc1ccc(Oc2ccccc2)cc1. The van der Waals surface area contributed by atoms with Crippen molar-refractivity contribution in [3.63, 3.8) is 0 Å². The van der Waals surface area contributed by atoms with Crippen molar-refractivity contribution in [1.29, 1.82) is 0 Å². The van der Waals surface area contributed by atoms with E-state index in [1.165, 1.54) is 16.2 Å². The lowest BCUT2D eigenvalue weighted by atomic mass is 10.2. The predicted molar refractivity (Wildman–Crippen MR) is 121 cm³/mol. The fourth-order valence-corrected chi connectivity index (χ4v) is 4.14. The van der Waals surface area contributed by atoms with E-state index < -0.39 is 24.5 Å². The minimum absolute atomic E-state index is 0.179. The van der Waals surface area contributed by atoms with Crippen LogP contribution in [0.5, 0.6) is 11.5 Å². The number of amides is 2. The summed E-state index contributed by atoms with van der Waals surface area (Å²) in [5.41, 5.74) is 0.557. The van der Waals surface area contributed by atoms with Crippen LogP contribution < -0.4 is 10.1 Å². The molecule has 1 N–H and O–H groups in total. The van der Waals surface area contributed by atoms with Crippen LogP contribution in [-0.2, 0) is 14.3 Å². The zero-order chi connectivity index (χ0) is 22.3. The molecule has 0 spiro atoms. The lowest BCUT2D eigenvalue weighted by Crippen LogP contribution is -2.41. The molecule has 2 amide bonds. The molecule has 164 valence electrons. The number of benzene rings is 2. The molecule has 0 radical (unpaired) electrons. The van der Waals surface area contributed by atoms with E-state index in [1.807, 2.05) is 35.7 Å². The summed E-state index contributed by atoms with van der Waals surface area (Å²) in [6.45, 7) is 0.0821. The molecule has 1 fully saturated rings. The van der Waals surface area contributed by atoms with E-state index >= 15 is 0 Å². The van der Waals surface area contributed by atoms with Crippen molar-refractivity contribution in [2.75, 3.05) is 18.5 Å². The third-order valence-electron chi connectivity index (χ3n) is 4.98. The topological polar surface area (TPSA) is 84.9 Å². The third-order valence-corrected chi connectivity index (χ3v) is 5.84. The summed E-state index contributed by atoms with van der Waals surface area (Å²) in [4.78, 5) is 39.4. The van der Waals surface area contributed by atoms with Gasteiger partial charge in [0.25, 0.3) is 11.8 Å². The molecule has 1 saturated heterocycles. The van der Waals surface area contributed by atoms with Crippen LogP contribution >= 0.6 is 11.3 Å². The van der Waals surface area contributed by atoms with Gasteiger partial charge in [-0.25, -0.2) is 4.79 Å². The number of esters is 1. The second kappa shape index (κ2) is 10.1. The molecule has 1 aliphatic heterocycles. The van der Waals surface area contributed by atoms with Crippen molar-refractivity contribution in [1.82, 2.24) is 4.90 Å². The number of hydrogen-bond donors (Lipinski definition) is 1. The zero-order valence-electron chi connectivity index (χ0n) is 17.2. The van der Waals surface area contributed by atoms with E-state index in [4.69, 9.17) is 9.47 Å². The highest BCUT2D eigenvalue weighted by molar-refractivity contribution is 7.12. The number of nitrogens with one attached hydrogen (secondary N) is 1. The standard InChI is InChI=1S/C24H22N2O5S/c27-22(25-17-10-12-19(13-11-17)31-18-6-2-1-3-7-18)16-30-24(29)20-8-4-14-26(20)23(28)21-9-5-15-32-21/h1-3,5-7,9-13,15,20H,4,8,14,16H2,(H,25,27)/t20-/m0/s1. The Hall–Kier alpha value is -3.65. The summed E-state index contributed by atoms with van der Waals surface area (Å²) in [6.07, 6.45) is 1.25. The van der Waals surface area contributed by atoms with E-state index in [0.29, 0.717) is 29.3 Å². The maximum Gasteiger partial charge on any atom is 0.329 e. The van der Waals surface area contributed by atoms with Crippen LogP contribution in [0.4, 0.5) is 5.69 Å². The molecule has 0 unspecified atom stereocenters. The Morgan fingerprint density at radius 2 is 1.72 bits per heavy atom. The fourth-order valence-electron chi connectivity index (χ4n) is 3.46. The largest absolute Gasteiger partial charge is 0.457 e. The smallest absolute Gasteiger partial charge is 0.329 e. The number of thiophene rings is 1. The number of carbonyl (C=O) groups excluding carboxylic acids is 3. The normalized spacial score (nSPS) is 15.2. The van der Waals surface area contributed by atoms with Crippen LogP contribution in [-0.4, -0.2) is 41.9 Å². The molecule has 1 atom stereocenters. The average Bonchev–Trinajstić information content (AvgIpc) is 3.52. The van der Waals surface area contributed by atoms with Gasteiger partial charge in [0.1, 0.15) is 17.5 Å². The first-order chi connectivity index (χ1) is 15.6. The molecule has 0 aliphatic carbocycles. The van der Waals surface area contributed by atoms with Gasteiger partial charge in [-0.15, -0.1) is 11.3 Å². The third kappa shape index (κ3) is 5.33. The molecular weight excluding hydrogens is 428 g/mol. The van der Waals surface area contributed by atoms with Crippen LogP contribution in [0.25, 0.3) is 0 Å². The fraction of sp³-hybridized carbons (Fsp3) is 0.208. The molecule has 1 aliphatic rings. The van der Waals surface area contributed by atoms with Gasteiger partial charge in [0, 0.05) is 12.2 Å². The highest BCUT2D eigenvalue weighted by Crippen LogP contribution is 2.24. The average molecular weight is 451 g/mol. The number of para-hydroxylation sites is 1. The number of ether oxygens (including phenoxy) is 2. The summed E-state index contributed by atoms with van der Waals surface area (Å²) in [5.74, 6) is 0.159. The first kappa shape index (κ1) is 21.6. The first-order valence-electron chi connectivity index (χ1n) is 10.2. The number of carbonyl (C=O) groups is 3. The Balaban J connectivity index is 1.26. The van der Waals surface area contributed by atoms with Gasteiger partial charge in [0.15, 0.2) is 6.61 Å². The molecule has 2 aromatic carbocycles. The minimum Gasteiger partial charge on any atom is -0.457 e. The summed E-state index contributed by atoms with van der Waals surface area (Å²) in [6, 6.07) is 19.1. The van der Waals surface area contributed by atoms with Gasteiger partial charge in [-0.2, -0.15) is 0 Å². The van der Waals surface area contributed by atoms with Crippen LogP contribution in [0.2, 0.25) is 0 Å². The van der Waals surface area contributed by atoms with Crippen LogP contribution in [0, 0.1) is 0 Å². The van der Waals surface area contributed by atoms with Crippen LogP contribution in [0.15, 0.2) is 72.1 Å². The lowest BCUT2D eigenvalue weighted by Gasteiger charge is -2.22. The molecule has 32 heavy (non-hydrogen) atoms. The van der Waals surface area contributed by atoms with Gasteiger partial charge in [-0.05, 0) is 60.7 Å². The van der Waals surface area contributed by atoms with Crippen molar-refractivity contribution in [3.8, 4) is 11.5 Å². The second-order valence-corrected chi connectivity index (χ2v) is 8.18. The van der Waals surface area contributed by atoms with Gasteiger partial charge in [-0.1, -0.05) is 24.3 Å². The Kier molecular flexibility index (Phi) is 6.81. The molecule has 2 heterocycles. The van der Waals surface area contributed by atoms with Gasteiger partial charge in [-0.3, -0.25) is 9.59 Å². The quantitative estimate of drug-likeness (QED) is 0.542. The molecule has 1 aromatic heterocycles. The molecule has 4 rings (SSSR count). The van der Waals surface area contributed by atoms with E-state index in [-0.39, 0.29) is 5.91 Å². The Morgan fingerprint density at radius 1 is 0.969 bits per heavy atom. The summed E-state index contributed by atoms with van der Waals surface area (Å²) < 4.78 is 10.9. The van der Waals surface area contributed by atoms with E-state index in [0.717, 1.165) is 12.2 Å². The Morgan fingerprint density at radius 3 is 2.44 bits per heavy atom. The Labute approximate surface area is 189 Å². The minimum atomic E-state index is -0.660.